The van der Waals surface area contributed by atoms with Gasteiger partial charge in [0.15, 0.2) is 0 Å². The number of amides is 2. The lowest BCUT2D eigenvalue weighted by Gasteiger charge is -2.10. The van der Waals surface area contributed by atoms with Crippen molar-refractivity contribution in [3.63, 3.8) is 0 Å². The van der Waals surface area contributed by atoms with E-state index in [4.69, 9.17) is 4.74 Å². The molecule has 2 amide bonds. The number of carbonyl (C=O) groups is 1. The second kappa shape index (κ2) is 8.60. The molecule has 28 heavy (non-hydrogen) atoms. The molecule has 1 aromatic carbocycles. The molecule has 0 radical (unpaired) electrons. The molecule has 0 atom stereocenters. The number of ether oxygens (including phenoxy) is 1. The number of aryl methyl sites for hydroxylation is 3. The number of methoxy groups -OCH3 is 1. The van der Waals surface area contributed by atoms with Crippen LogP contribution >= 0.6 is 0 Å². The third kappa shape index (κ3) is 4.33. The number of rotatable bonds is 7. The molecular weight excluding hydrogens is 356 g/mol. The number of carbonyl (C=O) groups excluding carboxylic acids is 1. The highest BCUT2D eigenvalue weighted by molar-refractivity contribution is 5.93. The Morgan fingerprint density at radius 1 is 1.25 bits per heavy atom. The fourth-order valence-electron chi connectivity index (χ4n) is 3.09. The van der Waals surface area contributed by atoms with Gasteiger partial charge in [0, 0.05) is 37.5 Å². The molecule has 2 heterocycles. The van der Waals surface area contributed by atoms with Crippen molar-refractivity contribution in [2.24, 2.45) is 7.05 Å². The van der Waals surface area contributed by atoms with Crippen LogP contribution in [0.2, 0.25) is 0 Å². The second-order valence-electron chi connectivity index (χ2n) is 6.58. The van der Waals surface area contributed by atoms with Gasteiger partial charge in [-0.05, 0) is 31.0 Å². The summed E-state index contributed by atoms with van der Waals surface area (Å²) in [7, 11) is 3.44. The molecule has 2 N–H and O–H groups in total. The van der Waals surface area contributed by atoms with Gasteiger partial charge in [-0.3, -0.25) is 14.7 Å². The van der Waals surface area contributed by atoms with E-state index in [2.05, 4.69) is 27.8 Å². The molecule has 0 aliphatic rings. The lowest BCUT2D eigenvalue weighted by molar-refractivity contribution is 0.251. The number of nitrogens with zero attached hydrogens (tertiary/aromatic N) is 4. The van der Waals surface area contributed by atoms with E-state index in [1.54, 1.807) is 18.0 Å². The van der Waals surface area contributed by atoms with Crippen LogP contribution in [0.4, 0.5) is 10.6 Å². The van der Waals surface area contributed by atoms with Crippen LogP contribution in [0.3, 0.4) is 0 Å². The fourth-order valence-corrected chi connectivity index (χ4v) is 3.09. The Morgan fingerprint density at radius 2 is 2.00 bits per heavy atom. The lowest BCUT2D eigenvalue weighted by Crippen LogP contribution is -2.29. The van der Waals surface area contributed by atoms with E-state index in [1.807, 2.05) is 49.1 Å². The third-order valence-corrected chi connectivity index (χ3v) is 4.43. The van der Waals surface area contributed by atoms with Crippen molar-refractivity contribution < 1.29 is 9.53 Å². The van der Waals surface area contributed by atoms with Crippen molar-refractivity contribution in [1.29, 1.82) is 0 Å². The van der Waals surface area contributed by atoms with Gasteiger partial charge in [0.25, 0.3) is 0 Å². The molecule has 0 aliphatic carbocycles. The molecule has 148 valence electrons. The molecule has 0 saturated heterocycles. The molecule has 0 unspecified atom stereocenters. The quantitative estimate of drug-likeness (QED) is 0.656. The molecule has 3 aromatic rings. The van der Waals surface area contributed by atoms with Crippen molar-refractivity contribution >= 4 is 11.8 Å². The summed E-state index contributed by atoms with van der Waals surface area (Å²) in [6.45, 7) is 5.30. The number of hydrogen-bond donors (Lipinski definition) is 2. The van der Waals surface area contributed by atoms with Gasteiger partial charge in [0.1, 0.15) is 11.6 Å². The number of aromatic nitrogens is 4. The maximum absolute atomic E-state index is 12.5. The number of hydrogen-bond acceptors (Lipinski definition) is 4. The summed E-state index contributed by atoms with van der Waals surface area (Å²) < 4.78 is 8.77. The van der Waals surface area contributed by atoms with Crippen LogP contribution in [0.5, 0.6) is 5.75 Å². The first-order valence-corrected chi connectivity index (χ1v) is 9.26. The minimum Gasteiger partial charge on any atom is -0.497 e. The average Bonchev–Trinajstić information content (AvgIpc) is 3.24. The number of benzene rings is 1. The molecule has 2 aromatic heterocycles. The Labute approximate surface area is 164 Å². The van der Waals surface area contributed by atoms with Crippen molar-refractivity contribution in [1.82, 2.24) is 24.9 Å². The van der Waals surface area contributed by atoms with Crippen molar-refractivity contribution in [3.8, 4) is 16.9 Å². The summed E-state index contributed by atoms with van der Waals surface area (Å²) >= 11 is 0. The fraction of sp³-hybridized carbons (Fsp3) is 0.350. The minimum absolute atomic E-state index is 0.291. The third-order valence-electron chi connectivity index (χ3n) is 4.43. The van der Waals surface area contributed by atoms with Crippen LogP contribution in [0, 0.1) is 6.92 Å². The molecule has 8 nitrogen and oxygen atoms in total. The lowest BCUT2D eigenvalue weighted by atomic mass is 10.1. The van der Waals surface area contributed by atoms with Crippen LogP contribution in [-0.4, -0.2) is 32.7 Å². The molecule has 0 fully saturated rings. The summed E-state index contributed by atoms with van der Waals surface area (Å²) in [6.07, 6.45) is 4.73. The summed E-state index contributed by atoms with van der Waals surface area (Å²) in [5.74, 6) is 1.42. The van der Waals surface area contributed by atoms with Crippen LogP contribution in [0.15, 0.2) is 36.7 Å². The second-order valence-corrected chi connectivity index (χ2v) is 6.58. The Bertz CT molecular complexity index is 942. The number of urea groups is 1. The van der Waals surface area contributed by atoms with Gasteiger partial charge in [0.05, 0.1) is 19.0 Å². The van der Waals surface area contributed by atoms with E-state index in [-0.39, 0.29) is 6.03 Å². The van der Waals surface area contributed by atoms with Gasteiger partial charge in [0.2, 0.25) is 0 Å². The zero-order valence-corrected chi connectivity index (χ0v) is 16.7. The van der Waals surface area contributed by atoms with E-state index in [9.17, 15) is 4.79 Å². The number of nitrogens with one attached hydrogen (secondary N) is 2. The Kier molecular flexibility index (Phi) is 5.98. The highest BCUT2D eigenvalue weighted by Gasteiger charge is 2.17. The summed E-state index contributed by atoms with van der Waals surface area (Å²) in [6, 6.07) is 7.39. The van der Waals surface area contributed by atoms with Crippen molar-refractivity contribution in [2.45, 2.75) is 33.4 Å². The Balaban J connectivity index is 1.71. The van der Waals surface area contributed by atoms with Gasteiger partial charge < -0.3 is 10.1 Å². The molecule has 0 bridgehead atoms. The molecule has 8 heteroatoms. The van der Waals surface area contributed by atoms with Crippen LogP contribution in [0.1, 0.15) is 24.6 Å². The van der Waals surface area contributed by atoms with Gasteiger partial charge in [-0.1, -0.05) is 19.1 Å². The topological polar surface area (TPSA) is 86.0 Å². The van der Waals surface area contributed by atoms with E-state index in [1.165, 1.54) is 0 Å². The van der Waals surface area contributed by atoms with Gasteiger partial charge >= 0.3 is 6.03 Å². The predicted octanol–water partition coefficient (Wildman–Crippen LogP) is 3.33. The maximum Gasteiger partial charge on any atom is 0.320 e. The zero-order chi connectivity index (χ0) is 20.1. The van der Waals surface area contributed by atoms with Gasteiger partial charge in [-0.15, -0.1) is 0 Å². The molecular formula is C20H26N6O2. The standard InChI is InChI=1S/C20H26N6O2/c1-5-10-26-13-15(12-22-26)11-21-20(27)23-19-18(14(2)24-25(19)3)16-6-8-17(28-4)9-7-16/h6-9,12-13H,5,10-11H2,1-4H3,(H2,21,23,27). The molecule has 0 spiro atoms. The Hall–Kier alpha value is -3.29. The van der Waals surface area contributed by atoms with Crippen LogP contribution in [0.25, 0.3) is 11.1 Å². The zero-order valence-electron chi connectivity index (χ0n) is 16.7. The molecule has 0 aliphatic heterocycles. The maximum atomic E-state index is 12.5. The SMILES string of the molecule is CCCn1cc(CNC(=O)Nc2c(-c3ccc(OC)cc3)c(C)nn2C)cn1. The molecule has 3 rings (SSSR count). The van der Waals surface area contributed by atoms with Crippen molar-refractivity contribution in [2.75, 3.05) is 12.4 Å². The summed E-state index contributed by atoms with van der Waals surface area (Å²) in [4.78, 5) is 12.5. The highest BCUT2D eigenvalue weighted by Crippen LogP contribution is 2.32. The van der Waals surface area contributed by atoms with Gasteiger partial charge in [-0.25, -0.2) is 4.79 Å². The minimum atomic E-state index is -0.291. The normalized spacial score (nSPS) is 10.7. The monoisotopic (exact) mass is 382 g/mol. The van der Waals surface area contributed by atoms with Crippen LogP contribution < -0.4 is 15.4 Å². The number of anilines is 1. The van der Waals surface area contributed by atoms with Crippen molar-refractivity contribution in [3.05, 3.63) is 47.9 Å². The van der Waals surface area contributed by atoms with E-state index < -0.39 is 0 Å². The van der Waals surface area contributed by atoms with E-state index in [0.29, 0.717) is 12.4 Å². The first-order valence-electron chi connectivity index (χ1n) is 9.26. The first-order chi connectivity index (χ1) is 13.5. The predicted molar refractivity (Wildman–Crippen MR) is 108 cm³/mol. The summed E-state index contributed by atoms with van der Waals surface area (Å²) in [5.41, 5.74) is 3.64. The van der Waals surface area contributed by atoms with E-state index in [0.717, 1.165) is 41.1 Å². The van der Waals surface area contributed by atoms with Crippen LogP contribution in [-0.2, 0) is 20.1 Å². The first kappa shape index (κ1) is 19.5. The van der Waals surface area contributed by atoms with E-state index >= 15 is 0 Å². The average molecular weight is 382 g/mol. The molecule has 0 saturated carbocycles. The summed E-state index contributed by atoms with van der Waals surface area (Å²) in [5, 5.41) is 14.5. The Morgan fingerprint density at radius 3 is 2.68 bits per heavy atom. The largest absolute Gasteiger partial charge is 0.497 e. The highest BCUT2D eigenvalue weighted by atomic mass is 16.5. The van der Waals surface area contributed by atoms with Gasteiger partial charge in [-0.2, -0.15) is 10.2 Å². The smallest absolute Gasteiger partial charge is 0.320 e.